The van der Waals surface area contributed by atoms with Crippen molar-refractivity contribution in [3.63, 3.8) is 0 Å². The van der Waals surface area contributed by atoms with E-state index in [0.717, 1.165) is 12.1 Å². The molecule has 0 aliphatic heterocycles. The van der Waals surface area contributed by atoms with E-state index < -0.39 is 0 Å². The number of nitrogens with one attached hydrogen (secondary N) is 1. The summed E-state index contributed by atoms with van der Waals surface area (Å²) < 4.78 is 0. The summed E-state index contributed by atoms with van der Waals surface area (Å²) in [7, 11) is 0. The minimum Gasteiger partial charge on any atom is -0.309 e. The standard InChI is InChI=1S/C8H17N.2C2H6.BrH/c1-4-6-7(3)8(9)5-2;2*1-2;/h7,9H,4-6H2,1-3H3;2*1-2H3;1H. The maximum Gasteiger partial charge on any atom is 0.0114 e. The summed E-state index contributed by atoms with van der Waals surface area (Å²) in [5.74, 6) is 0.514. The second kappa shape index (κ2) is 23.2. The summed E-state index contributed by atoms with van der Waals surface area (Å²) >= 11 is 0. The van der Waals surface area contributed by atoms with E-state index >= 15 is 0 Å². The molecule has 0 spiro atoms. The van der Waals surface area contributed by atoms with E-state index in [4.69, 9.17) is 5.41 Å². The van der Waals surface area contributed by atoms with Crippen LogP contribution in [0.5, 0.6) is 0 Å². The van der Waals surface area contributed by atoms with Crippen molar-refractivity contribution in [1.29, 1.82) is 5.41 Å². The molecule has 0 aromatic rings. The molecule has 0 radical (unpaired) electrons. The Balaban J connectivity index is -0.0000000883. The minimum absolute atomic E-state index is 0. The number of rotatable bonds is 4. The third-order valence-corrected chi connectivity index (χ3v) is 1.70. The first-order valence-corrected chi connectivity index (χ1v) is 5.79. The first-order valence-electron chi connectivity index (χ1n) is 5.79. The molecule has 2 heteroatoms. The highest BCUT2D eigenvalue weighted by Crippen LogP contribution is 2.07. The lowest BCUT2D eigenvalue weighted by atomic mass is 9.99. The van der Waals surface area contributed by atoms with E-state index in [1.807, 2.05) is 27.7 Å². The number of hydrogen-bond acceptors (Lipinski definition) is 1. The fourth-order valence-corrected chi connectivity index (χ4v) is 0.956. The molecule has 1 nitrogen and oxygen atoms in total. The van der Waals surface area contributed by atoms with E-state index in [2.05, 4.69) is 20.8 Å². The van der Waals surface area contributed by atoms with Crippen LogP contribution in [0.4, 0.5) is 0 Å². The van der Waals surface area contributed by atoms with Gasteiger partial charge in [-0.2, -0.15) is 0 Å². The molecule has 90 valence electrons. The smallest absolute Gasteiger partial charge is 0.0114 e. The predicted octanol–water partition coefficient (Wildman–Crippen LogP) is 5.48. The van der Waals surface area contributed by atoms with Gasteiger partial charge in [-0.3, -0.25) is 0 Å². The zero-order chi connectivity index (χ0) is 11.3. The van der Waals surface area contributed by atoms with Gasteiger partial charge in [0.15, 0.2) is 0 Å². The Morgan fingerprint density at radius 1 is 1.07 bits per heavy atom. The zero-order valence-electron chi connectivity index (χ0n) is 11.1. The average Bonchev–Trinajstić information content (AvgIpc) is 2.23. The molecule has 0 fully saturated rings. The van der Waals surface area contributed by atoms with Gasteiger partial charge in [-0.05, 0) is 18.8 Å². The van der Waals surface area contributed by atoms with Crippen LogP contribution >= 0.6 is 17.0 Å². The number of hydrogen-bond donors (Lipinski definition) is 1. The van der Waals surface area contributed by atoms with E-state index in [0.29, 0.717) is 5.92 Å². The summed E-state index contributed by atoms with van der Waals surface area (Å²) in [5.41, 5.74) is 0.900. The SMILES string of the molecule is Br.CC.CC.CCCC(C)C(=N)CC. The topological polar surface area (TPSA) is 23.9 Å². The molecule has 1 unspecified atom stereocenters. The van der Waals surface area contributed by atoms with Gasteiger partial charge in [-0.1, -0.05) is 54.9 Å². The van der Waals surface area contributed by atoms with Crippen LogP contribution in [0, 0.1) is 11.3 Å². The van der Waals surface area contributed by atoms with Crippen LogP contribution in [0.3, 0.4) is 0 Å². The van der Waals surface area contributed by atoms with Crippen molar-refractivity contribution >= 4 is 22.7 Å². The largest absolute Gasteiger partial charge is 0.309 e. The Hall–Kier alpha value is 0.150. The predicted molar refractivity (Wildman–Crippen MR) is 75.1 cm³/mol. The number of halogens is 1. The molecule has 0 rings (SSSR count). The quantitative estimate of drug-likeness (QED) is 0.652. The third kappa shape index (κ3) is 18.0. The molecular formula is C12H30BrN. The van der Waals surface area contributed by atoms with Crippen molar-refractivity contribution in [2.24, 2.45) is 5.92 Å². The van der Waals surface area contributed by atoms with Crippen LogP contribution in [-0.4, -0.2) is 5.71 Å². The van der Waals surface area contributed by atoms with Crippen LogP contribution in [0.15, 0.2) is 0 Å². The van der Waals surface area contributed by atoms with Gasteiger partial charge in [0.2, 0.25) is 0 Å². The van der Waals surface area contributed by atoms with Crippen LogP contribution < -0.4 is 0 Å². The van der Waals surface area contributed by atoms with Crippen LogP contribution in [-0.2, 0) is 0 Å². The molecule has 0 aromatic carbocycles. The Kier molecular flexibility index (Phi) is 39.3. The lowest BCUT2D eigenvalue weighted by molar-refractivity contribution is 0.654. The highest BCUT2D eigenvalue weighted by molar-refractivity contribution is 8.93. The lowest BCUT2D eigenvalue weighted by Gasteiger charge is -2.08. The summed E-state index contributed by atoms with van der Waals surface area (Å²) in [6, 6.07) is 0. The summed E-state index contributed by atoms with van der Waals surface area (Å²) in [6.45, 7) is 14.4. The molecular weight excluding hydrogens is 238 g/mol. The van der Waals surface area contributed by atoms with Crippen molar-refractivity contribution in [2.45, 2.75) is 67.7 Å². The van der Waals surface area contributed by atoms with Crippen LogP contribution in [0.2, 0.25) is 0 Å². The van der Waals surface area contributed by atoms with Crippen LogP contribution in [0.25, 0.3) is 0 Å². The molecule has 1 atom stereocenters. The second-order valence-corrected chi connectivity index (χ2v) is 2.57. The first kappa shape index (κ1) is 23.8. The van der Waals surface area contributed by atoms with Gasteiger partial charge in [0.1, 0.15) is 0 Å². The Labute approximate surface area is 102 Å². The highest BCUT2D eigenvalue weighted by atomic mass is 79.9. The lowest BCUT2D eigenvalue weighted by Crippen LogP contribution is -2.07. The van der Waals surface area contributed by atoms with Crippen molar-refractivity contribution in [2.75, 3.05) is 0 Å². The Morgan fingerprint density at radius 2 is 1.43 bits per heavy atom. The first-order chi connectivity index (χ1) is 6.22. The monoisotopic (exact) mass is 267 g/mol. The van der Waals surface area contributed by atoms with Crippen molar-refractivity contribution in [1.82, 2.24) is 0 Å². The average molecular weight is 268 g/mol. The van der Waals surface area contributed by atoms with Gasteiger partial charge in [0.05, 0.1) is 0 Å². The molecule has 0 heterocycles. The molecule has 14 heavy (non-hydrogen) atoms. The summed E-state index contributed by atoms with van der Waals surface area (Å²) in [4.78, 5) is 0. The van der Waals surface area contributed by atoms with Gasteiger partial charge in [-0.25, -0.2) is 0 Å². The van der Waals surface area contributed by atoms with E-state index in [9.17, 15) is 0 Å². The fraction of sp³-hybridized carbons (Fsp3) is 0.917. The molecule has 0 saturated carbocycles. The van der Waals surface area contributed by atoms with Crippen molar-refractivity contribution in [3.05, 3.63) is 0 Å². The van der Waals surface area contributed by atoms with Crippen molar-refractivity contribution in [3.8, 4) is 0 Å². The third-order valence-electron chi connectivity index (χ3n) is 1.70. The molecule has 0 aliphatic carbocycles. The molecule has 0 aromatic heterocycles. The summed E-state index contributed by atoms with van der Waals surface area (Å²) in [6.07, 6.45) is 3.29. The van der Waals surface area contributed by atoms with E-state index in [-0.39, 0.29) is 17.0 Å². The molecule has 0 aliphatic rings. The maximum absolute atomic E-state index is 7.45. The van der Waals surface area contributed by atoms with Gasteiger partial charge >= 0.3 is 0 Å². The Bertz CT molecular complexity index is 92.3. The van der Waals surface area contributed by atoms with Crippen LogP contribution in [0.1, 0.15) is 67.7 Å². The molecule has 0 saturated heterocycles. The zero-order valence-corrected chi connectivity index (χ0v) is 12.8. The minimum atomic E-state index is 0. The highest BCUT2D eigenvalue weighted by Gasteiger charge is 2.03. The van der Waals surface area contributed by atoms with Gasteiger partial charge in [0.25, 0.3) is 0 Å². The van der Waals surface area contributed by atoms with E-state index in [1.165, 1.54) is 12.8 Å². The molecule has 0 bridgehead atoms. The van der Waals surface area contributed by atoms with Gasteiger partial charge in [-0.15, -0.1) is 17.0 Å². The van der Waals surface area contributed by atoms with E-state index in [1.54, 1.807) is 0 Å². The van der Waals surface area contributed by atoms with Gasteiger partial charge in [0, 0.05) is 5.71 Å². The van der Waals surface area contributed by atoms with Gasteiger partial charge < -0.3 is 5.41 Å². The second-order valence-electron chi connectivity index (χ2n) is 2.57. The normalized spacial score (nSPS) is 9.36. The fourth-order valence-electron chi connectivity index (χ4n) is 0.956. The Morgan fingerprint density at radius 3 is 1.64 bits per heavy atom. The maximum atomic E-state index is 7.45. The summed E-state index contributed by atoms with van der Waals surface area (Å²) in [5, 5.41) is 7.45. The molecule has 1 N–H and O–H groups in total. The molecule has 0 amide bonds. The van der Waals surface area contributed by atoms with Crippen molar-refractivity contribution < 1.29 is 0 Å².